The lowest BCUT2D eigenvalue weighted by molar-refractivity contribution is -0.124. The summed E-state index contributed by atoms with van der Waals surface area (Å²) in [6.07, 6.45) is 4.88. The Bertz CT molecular complexity index is 442. The molecule has 100 valence electrons. The SMILES string of the molecule is CCc1nn(C)c(CC2CCCCNC2=O)c1Br. The van der Waals surface area contributed by atoms with Crippen LogP contribution in [0.2, 0.25) is 0 Å². The zero-order valence-electron chi connectivity index (χ0n) is 11.0. The molecule has 0 spiro atoms. The van der Waals surface area contributed by atoms with E-state index in [1.165, 1.54) is 0 Å². The van der Waals surface area contributed by atoms with E-state index < -0.39 is 0 Å². The van der Waals surface area contributed by atoms with Crippen LogP contribution in [0.4, 0.5) is 0 Å². The Kier molecular flexibility index (Phi) is 4.43. The molecule has 1 unspecified atom stereocenters. The Morgan fingerprint density at radius 3 is 2.94 bits per heavy atom. The summed E-state index contributed by atoms with van der Waals surface area (Å²) in [6.45, 7) is 2.91. The molecule has 1 aliphatic heterocycles. The normalized spacial score (nSPS) is 20.6. The summed E-state index contributed by atoms with van der Waals surface area (Å²) in [7, 11) is 1.95. The Morgan fingerprint density at radius 1 is 1.50 bits per heavy atom. The van der Waals surface area contributed by atoms with Gasteiger partial charge in [0.1, 0.15) is 0 Å². The largest absolute Gasteiger partial charge is 0.356 e. The first-order valence-electron chi connectivity index (χ1n) is 6.61. The minimum absolute atomic E-state index is 0.0870. The molecule has 0 saturated carbocycles. The molecule has 1 atom stereocenters. The van der Waals surface area contributed by atoms with Gasteiger partial charge in [0.15, 0.2) is 0 Å². The van der Waals surface area contributed by atoms with Crippen molar-refractivity contribution in [1.29, 1.82) is 0 Å². The van der Waals surface area contributed by atoms with Crippen molar-refractivity contribution < 1.29 is 4.79 Å². The van der Waals surface area contributed by atoms with Crippen molar-refractivity contribution in [3.63, 3.8) is 0 Å². The monoisotopic (exact) mass is 313 g/mol. The standard InChI is InChI=1S/C13H20BrN3O/c1-3-10-12(14)11(17(2)16-10)8-9-6-4-5-7-15-13(9)18/h9H,3-8H2,1-2H3,(H,15,18). The van der Waals surface area contributed by atoms with Gasteiger partial charge in [0.05, 0.1) is 15.9 Å². The number of amides is 1. The Hall–Kier alpha value is -0.840. The molecule has 1 aromatic rings. The molecular formula is C13H20BrN3O. The Balaban J connectivity index is 2.17. The number of carbonyl (C=O) groups is 1. The van der Waals surface area contributed by atoms with Crippen LogP contribution in [0.1, 0.15) is 37.6 Å². The number of nitrogens with zero attached hydrogens (tertiary/aromatic N) is 2. The number of halogens is 1. The van der Waals surface area contributed by atoms with E-state index in [1.54, 1.807) is 0 Å². The molecule has 1 aromatic heterocycles. The number of carbonyl (C=O) groups excluding carboxylic acids is 1. The summed E-state index contributed by atoms with van der Waals surface area (Å²) in [4.78, 5) is 12.0. The van der Waals surface area contributed by atoms with Crippen LogP contribution in [0.15, 0.2) is 4.47 Å². The first kappa shape index (κ1) is 13.6. The molecule has 1 N–H and O–H groups in total. The maximum Gasteiger partial charge on any atom is 0.223 e. The van der Waals surface area contributed by atoms with E-state index in [0.29, 0.717) is 0 Å². The quantitative estimate of drug-likeness (QED) is 0.930. The van der Waals surface area contributed by atoms with Gasteiger partial charge in [0, 0.05) is 25.9 Å². The van der Waals surface area contributed by atoms with Gasteiger partial charge in [-0.15, -0.1) is 0 Å². The van der Waals surface area contributed by atoms with E-state index >= 15 is 0 Å². The van der Waals surface area contributed by atoms with E-state index in [-0.39, 0.29) is 11.8 Å². The van der Waals surface area contributed by atoms with Gasteiger partial charge in [-0.2, -0.15) is 5.10 Å². The summed E-state index contributed by atoms with van der Waals surface area (Å²) in [5.41, 5.74) is 2.20. The topological polar surface area (TPSA) is 46.9 Å². The third-order valence-corrected chi connectivity index (χ3v) is 4.51. The molecule has 0 radical (unpaired) electrons. The Morgan fingerprint density at radius 2 is 2.28 bits per heavy atom. The van der Waals surface area contributed by atoms with Crippen LogP contribution >= 0.6 is 15.9 Å². The molecule has 5 heteroatoms. The first-order valence-corrected chi connectivity index (χ1v) is 7.40. The zero-order valence-corrected chi connectivity index (χ0v) is 12.6. The average molecular weight is 314 g/mol. The second-order valence-corrected chi connectivity index (χ2v) is 5.67. The van der Waals surface area contributed by atoms with Gasteiger partial charge < -0.3 is 5.32 Å². The van der Waals surface area contributed by atoms with Crippen LogP contribution < -0.4 is 5.32 Å². The summed E-state index contributed by atoms with van der Waals surface area (Å²) in [5, 5.41) is 7.47. The molecule has 0 aliphatic carbocycles. The average Bonchev–Trinajstić information content (AvgIpc) is 2.52. The summed E-state index contributed by atoms with van der Waals surface area (Å²) >= 11 is 3.61. The van der Waals surface area contributed by atoms with Crippen molar-refractivity contribution in [3.8, 4) is 0 Å². The summed E-state index contributed by atoms with van der Waals surface area (Å²) in [6, 6.07) is 0. The maximum absolute atomic E-state index is 12.0. The molecule has 1 aliphatic rings. The smallest absolute Gasteiger partial charge is 0.223 e. The van der Waals surface area contributed by atoms with Crippen LogP contribution in [0.5, 0.6) is 0 Å². The van der Waals surface area contributed by atoms with Gasteiger partial charge in [-0.3, -0.25) is 9.48 Å². The number of aromatic nitrogens is 2. The lowest BCUT2D eigenvalue weighted by Crippen LogP contribution is -2.30. The van der Waals surface area contributed by atoms with Gasteiger partial charge in [-0.05, 0) is 35.2 Å². The number of hydrogen-bond donors (Lipinski definition) is 1. The van der Waals surface area contributed by atoms with Crippen LogP contribution in [0, 0.1) is 5.92 Å². The lowest BCUT2D eigenvalue weighted by Gasteiger charge is -2.13. The molecule has 2 rings (SSSR count). The van der Waals surface area contributed by atoms with Crippen LogP contribution in [-0.4, -0.2) is 22.2 Å². The van der Waals surface area contributed by atoms with E-state index in [2.05, 4.69) is 33.3 Å². The number of aryl methyl sites for hydroxylation is 2. The zero-order chi connectivity index (χ0) is 13.1. The number of hydrogen-bond acceptors (Lipinski definition) is 2. The van der Waals surface area contributed by atoms with E-state index in [4.69, 9.17) is 0 Å². The third-order valence-electron chi connectivity index (χ3n) is 3.59. The molecule has 18 heavy (non-hydrogen) atoms. The molecule has 0 aromatic carbocycles. The van der Waals surface area contributed by atoms with Crippen molar-refractivity contribution >= 4 is 21.8 Å². The predicted molar refractivity (Wildman–Crippen MR) is 74.3 cm³/mol. The molecule has 4 nitrogen and oxygen atoms in total. The highest BCUT2D eigenvalue weighted by Crippen LogP contribution is 2.26. The fourth-order valence-electron chi connectivity index (χ4n) is 2.47. The second-order valence-electron chi connectivity index (χ2n) is 4.87. The Labute approximate surface area is 116 Å². The highest BCUT2D eigenvalue weighted by Gasteiger charge is 2.24. The minimum atomic E-state index is 0.0870. The number of nitrogens with one attached hydrogen (secondary N) is 1. The lowest BCUT2D eigenvalue weighted by atomic mass is 9.97. The van der Waals surface area contributed by atoms with Crippen molar-refractivity contribution in [3.05, 3.63) is 15.9 Å². The van der Waals surface area contributed by atoms with Crippen molar-refractivity contribution in [2.24, 2.45) is 13.0 Å². The molecule has 0 bridgehead atoms. The van der Waals surface area contributed by atoms with Gasteiger partial charge in [0.25, 0.3) is 0 Å². The molecule has 1 amide bonds. The predicted octanol–water partition coefficient (Wildman–Crippen LogP) is 2.20. The van der Waals surface area contributed by atoms with Crippen LogP contribution in [0.25, 0.3) is 0 Å². The first-order chi connectivity index (χ1) is 8.63. The molecular weight excluding hydrogens is 294 g/mol. The molecule has 1 fully saturated rings. The van der Waals surface area contributed by atoms with Crippen LogP contribution in [0.3, 0.4) is 0 Å². The summed E-state index contributed by atoms with van der Waals surface area (Å²) < 4.78 is 2.98. The van der Waals surface area contributed by atoms with Gasteiger partial charge in [-0.25, -0.2) is 0 Å². The van der Waals surface area contributed by atoms with Gasteiger partial charge in [-0.1, -0.05) is 13.3 Å². The van der Waals surface area contributed by atoms with Gasteiger partial charge >= 0.3 is 0 Å². The fraction of sp³-hybridized carbons (Fsp3) is 0.692. The minimum Gasteiger partial charge on any atom is -0.356 e. The molecule has 1 saturated heterocycles. The highest BCUT2D eigenvalue weighted by molar-refractivity contribution is 9.10. The van der Waals surface area contributed by atoms with E-state index in [0.717, 1.165) is 54.5 Å². The highest BCUT2D eigenvalue weighted by atomic mass is 79.9. The van der Waals surface area contributed by atoms with Gasteiger partial charge in [0.2, 0.25) is 5.91 Å². The molecule has 2 heterocycles. The summed E-state index contributed by atoms with van der Waals surface area (Å²) in [5.74, 6) is 0.280. The van der Waals surface area contributed by atoms with E-state index in [1.807, 2.05) is 11.7 Å². The van der Waals surface area contributed by atoms with Crippen molar-refractivity contribution in [2.45, 2.75) is 39.0 Å². The van der Waals surface area contributed by atoms with Crippen molar-refractivity contribution in [2.75, 3.05) is 6.54 Å². The van der Waals surface area contributed by atoms with Crippen LogP contribution in [-0.2, 0) is 24.7 Å². The third kappa shape index (κ3) is 2.76. The van der Waals surface area contributed by atoms with Crippen molar-refractivity contribution in [1.82, 2.24) is 15.1 Å². The van der Waals surface area contributed by atoms with E-state index in [9.17, 15) is 4.79 Å². The second kappa shape index (κ2) is 5.87. The maximum atomic E-state index is 12.0. The fourth-order valence-corrected chi connectivity index (χ4v) is 3.25. The number of rotatable bonds is 3.